The Balaban J connectivity index is 1.39. The molecule has 0 aliphatic carbocycles. The van der Waals surface area contributed by atoms with E-state index < -0.39 is 6.04 Å². The van der Waals surface area contributed by atoms with Gasteiger partial charge in [-0.05, 0) is 53.8 Å². The molecular formula is C26H27N3O2. The van der Waals surface area contributed by atoms with Gasteiger partial charge < -0.3 is 15.5 Å². The molecule has 1 heterocycles. The first-order valence-corrected chi connectivity index (χ1v) is 10.7. The Morgan fingerprint density at radius 3 is 2.10 bits per heavy atom. The molecule has 0 spiro atoms. The molecule has 2 N–H and O–H groups in total. The molecule has 0 radical (unpaired) electrons. The SMILES string of the molecule is CNc1ccc(-c2ccc(NC(=O)C3CCCN3C(=O)Cc3ccccc3)cc2)cc1. The summed E-state index contributed by atoms with van der Waals surface area (Å²) in [5, 5.41) is 6.10. The summed E-state index contributed by atoms with van der Waals surface area (Å²) in [6.45, 7) is 0.630. The predicted molar refractivity (Wildman–Crippen MR) is 125 cm³/mol. The van der Waals surface area contributed by atoms with E-state index in [1.807, 2.05) is 73.8 Å². The Bertz CT molecular complexity index is 1030. The minimum Gasteiger partial charge on any atom is -0.388 e. The zero-order chi connectivity index (χ0) is 21.6. The van der Waals surface area contributed by atoms with Crippen molar-refractivity contribution < 1.29 is 9.59 Å². The topological polar surface area (TPSA) is 61.4 Å². The quantitative estimate of drug-likeness (QED) is 0.622. The third kappa shape index (κ3) is 4.94. The first kappa shape index (κ1) is 20.7. The highest BCUT2D eigenvalue weighted by Crippen LogP contribution is 2.24. The van der Waals surface area contributed by atoms with E-state index in [1.54, 1.807) is 4.90 Å². The second-order valence-electron chi connectivity index (χ2n) is 7.80. The number of nitrogens with one attached hydrogen (secondary N) is 2. The van der Waals surface area contributed by atoms with Crippen molar-refractivity contribution in [2.75, 3.05) is 24.2 Å². The number of anilines is 2. The van der Waals surface area contributed by atoms with E-state index in [9.17, 15) is 9.59 Å². The monoisotopic (exact) mass is 413 g/mol. The minimum absolute atomic E-state index is 0.00390. The normalized spacial score (nSPS) is 15.5. The van der Waals surface area contributed by atoms with Crippen LogP contribution in [0.15, 0.2) is 78.9 Å². The van der Waals surface area contributed by atoms with Crippen molar-refractivity contribution in [2.45, 2.75) is 25.3 Å². The zero-order valence-electron chi connectivity index (χ0n) is 17.7. The summed E-state index contributed by atoms with van der Waals surface area (Å²) in [7, 11) is 1.90. The number of rotatable bonds is 6. The Morgan fingerprint density at radius 2 is 1.48 bits per heavy atom. The zero-order valence-corrected chi connectivity index (χ0v) is 17.7. The second kappa shape index (κ2) is 9.47. The molecule has 1 aliphatic heterocycles. The van der Waals surface area contributed by atoms with E-state index in [0.29, 0.717) is 19.4 Å². The number of likely N-dealkylation sites (tertiary alicyclic amines) is 1. The molecular weight excluding hydrogens is 386 g/mol. The van der Waals surface area contributed by atoms with Gasteiger partial charge in [-0.15, -0.1) is 0 Å². The van der Waals surface area contributed by atoms with Gasteiger partial charge in [-0.3, -0.25) is 9.59 Å². The minimum atomic E-state index is -0.412. The molecule has 3 aromatic carbocycles. The fourth-order valence-corrected chi connectivity index (χ4v) is 4.01. The molecule has 2 amide bonds. The van der Waals surface area contributed by atoms with Gasteiger partial charge in [-0.1, -0.05) is 54.6 Å². The number of nitrogens with zero attached hydrogens (tertiary/aromatic N) is 1. The molecule has 1 aliphatic rings. The summed E-state index contributed by atoms with van der Waals surface area (Å²) < 4.78 is 0. The van der Waals surface area contributed by atoms with Gasteiger partial charge in [-0.25, -0.2) is 0 Å². The lowest BCUT2D eigenvalue weighted by Gasteiger charge is -2.24. The van der Waals surface area contributed by atoms with E-state index in [0.717, 1.165) is 34.5 Å². The third-order valence-corrected chi connectivity index (χ3v) is 5.73. The third-order valence-electron chi connectivity index (χ3n) is 5.73. The summed E-state index contributed by atoms with van der Waals surface area (Å²) >= 11 is 0. The van der Waals surface area contributed by atoms with Gasteiger partial charge in [0.2, 0.25) is 11.8 Å². The largest absolute Gasteiger partial charge is 0.388 e. The molecule has 1 atom stereocenters. The molecule has 1 saturated heterocycles. The van der Waals surface area contributed by atoms with E-state index in [1.165, 1.54) is 0 Å². The summed E-state index contributed by atoms with van der Waals surface area (Å²) in [4.78, 5) is 27.4. The van der Waals surface area contributed by atoms with Gasteiger partial charge in [0.1, 0.15) is 6.04 Å². The van der Waals surface area contributed by atoms with Crippen LogP contribution in [0.25, 0.3) is 11.1 Å². The van der Waals surface area contributed by atoms with Crippen LogP contribution in [-0.4, -0.2) is 36.3 Å². The molecule has 1 fully saturated rings. The molecule has 5 heteroatoms. The lowest BCUT2D eigenvalue weighted by Crippen LogP contribution is -2.43. The number of carbonyl (C=O) groups is 2. The Kier molecular flexibility index (Phi) is 6.32. The summed E-state index contributed by atoms with van der Waals surface area (Å²) in [6, 6.07) is 25.3. The first-order valence-electron chi connectivity index (χ1n) is 10.7. The molecule has 0 aromatic heterocycles. The molecule has 0 bridgehead atoms. The maximum absolute atomic E-state index is 12.9. The van der Waals surface area contributed by atoms with Crippen LogP contribution in [0.1, 0.15) is 18.4 Å². The first-order chi connectivity index (χ1) is 15.1. The van der Waals surface area contributed by atoms with Crippen LogP contribution in [0.3, 0.4) is 0 Å². The number of amides is 2. The van der Waals surface area contributed by atoms with Crippen molar-refractivity contribution >= 4 is 23.2 Å². The average Bonchev–Trinajstić information content (AvgIpc) is 3.31. The van der Waals surface area contributed by atoms with Crippen molar-refractivity contribution in [3.8, 4) is 11.1 Å². The molecule has 1 unspecified atom stereocenters. The van der Waals surface area contributed by atoms with Crippen LogP contribution in [0.2, 0.25) is 0 Å². The van der Waals surface area contributed by atoms with Crippen molar-refractivity contribution in [3.63, 3.8) is 0 Å². The van der Waals surface area contributed by atoms with E-state index in [4.69, 9.17) is 0 Å². The van der Waals surface area contributed by atoms with Crippen LogP contribution in [0, 0.1) is 0 Å². The van der Waals surface area contributed by atoms with Crippen LogP contribution in [-0.2, 0) is 16.0 Å². The van der Waals surface area contributed by atoms with Crippen molar-refractivity contribution in [1.29, 1.82) is 0 Å². The Labute approximate surface area is 183 Å². The van der Waals surface area contributed by atoms with Gasteiger partial charge in [0, 0.05) is 25.0 Å². The Morgan fingerprint density at radius 1 is 0.871 bits per heavy atom. The van der Waals surface area contributed by atoms with E-state index in [2.05, 4.69) is 22.8 Å². The number of benzene rings is 3. The smallest absolute Gasteiger partial charge is 0.247 e. The molecule has 0 saturated carbocycles. The fraction of sp³-hybridized carbons (Fsp3) is 0.231. The standard InChI is InChI=1S/C26H27N3O2/c1-27-22-13-9-20(10-14-22)21-11-15-23(16-12-21)28-26(31)24-8-5-17-29(24)25(30)18-19-6-3-2-4-7-19/h2-4,6-7,9-16,24,27H,5,8,17-18H2,1H3,(H,28,31). The molecule has 4 rings (SSSR count). The van der Waals surface area contributed by atoms with Crippen LogP contribution in [0.5, 0.6) is 0 Å². The lowest BCUT2D eigenvalue weighted by molar-refractivity contribution is -0.136. The fourth-order valence-electron chi connectivity index (χ4n) is 4.01. The van der Waals surface area contributed by atoms with Crippen molar-refractivity contribution in [3.05, 3.63) is 84.4 Å². The van der Waals surface area contributed by atoms with Crippen LogP contribution >= 0.6 is 0 Å². The summed E-state index contributed by atoms with van der Waals surface area (Å²) in [5.74, 6) is -0.116. The predicted octanol–water partition coefficient (Wildman–Crippen LogP) is 4.57. The summed E-state index contributed by atoms with van der Waals surface area (Å²) in [6.07, 6.45) is 1.87. The second-order valence-corrected chi connectivity index (χ2v) is 7.80. The van der Waals surface area contributed by atoms with Crippen LogP contribution in [0.4, 0.5) is 11.4 Å². The Hall–Kier alpha value is -3.60. The maximum Gasteiger partial charge on any atom is 0.247 e. The lowest BCUT2D eigenvalue weighted by atomic mass is 10.0. The summed E-state index contributed by atoms with van der Waals surface area (Å²) in [5.41, 5.74) is 4.97. The van der Waals surface area contributed by atoms with Crippen molar-refractivity contribution in [1.82, 2.24) is 4.90 Å². The molecule has 5 nitrogen and oxygen atoms in total. The maximum atomic E-state index is 12.9. The number of hydrogen-bond acceptors (Lipinski definition) is 3. The van der Waals surface area contributed by atoms with Gasteiger partial charge in [0.05, 0.1) is 6.42 Å². The highest BCUT2D eigenvalue weighted by Gasteiger charge is 2.33. The molecule has 158 valence electrons. The van der Waals surface area contributed by atoms with Crippen LogP contribution < -0.4 is 10.6 Å². The van der Waals surface area contributed by atoms with Gasteiger partial charge in [0.25, 0.3) is 0 Å². The highest BCUT2D eigenvalue weighted by molar-refractivity contribution is 5.98. The van der Waals surface area contributed by atoms with Crippen molar-refractivity contribution in [2.24, 2.45) is 0 Å². The van der Waals surface area contributed by atoms with E-state index in [-0.39, 0.29) is 11.8 Å². The number of carbonyl (C=O) groups excluding carboxylic acids is 2. The van der Waals surface area contributed by atoms with Gasteiger partial charge >= 0.3 is 0 Å². The number of hydrogen-bond donors (Lipinski definition) is 2. The molecule has 3 aromatic rings. The van der Waals surface area contributed by atoms with E-state index >= 15 is 0 Å². The highest BCUT2D eigenvalue weighted by atomic mass is 16.2. The van der Waals surface area contributed by atoms with Gasteiger partial charge in [0.15, 0.2) is 0 Å². The molecule has 31 heavy (non-hydrogen) atoms. The van der Waals surface area contributed by atoms with Gasteiger partial charge in [-0.2, -0.15) is 0 Å². The average molecular weight is 414 g/mol.